The van der Waals surface area contributed by atoms with Gasteiger partial charge in [0.2, 0.25) is 0 Å². The molecule has 1 aliphatic rings. The Morgan fingerprint density at radius 1 is 1.26 bits per heavy atom. The van der Waals surface area contributed by atoms with Crippen molar-refractivity contribution in [1.82, 2.24) is 5.32 Å². The van der Waals surface area contributed by atoms with Crippen LogP contribution in [-0.2, 0) is 16.1 Å². The Kier molecular flexibility index (Phi) is 5.99. The van der Waals surface area contributed by atoms with E-state index in [9.17, 15) is 9.18 Å². The fourth-order valence-electron chi connectivity index (χ4n) is 2.73. The first-order valence-corrected chi connectivity index (χ1v) is 8.20. The topological polar surface area (TPSA) is 47.6 Å². The van der Waals surface area contributed by atoms with Crippen LogP contribution in [-0.4, -0.2) is 23.8 Å². The van der Waals surface area contributed by atoms with Gasteiger partial charge in [-0.3, -0.25) is 0 Å². The molecular formula is C18H26FNO3. The predicted molar refractivity (Wildman–Crippen MR) is 86.6 cm³/mol. The molecule has 1 N–H and O–H groups in total. The van der Waals surface area contributed by atoms with Crippen LogP contribution in [0, 0.1) is 5.82 Å². The first kappa shape index (κ1) is 17.7. The number of hydrogen-bond donors (Lipinski definition) is 1. The molecule has 2 atom stereocenters. The number of carbonyl (C=O) groups excluding carboxylic acids is 1. The Morgan fingerprint density at radius 2 is 1.96 bits per heavy atom. The van der Waals surface area contributed by atoms with E-state index in [1.54, 1.807) is 18.2 Å². The molecule has 1 aromatic rings. The summed E-state index contributed by atoms with van der Waals surface area (Å²) in [4.78, 5) is 12.0. The molecule has 1 saturated carbocycles. The Hall–Kier alpha value is -1.62. The first-order valence-electron chi connectivity index (χ1n) is 8.20. The average molecular weight is 323 g/mol. The van der Waals surface area contributed by atoms with Crippen LogP contribution in [0.3, 0.4) is 0 Å². The first-order chi connectivity index (χ1) is 10.8. The molecule has 128 valence electrons. The van der Waals surface area contributed by atoms with Crippen molar-refractivity contribution in [3.63, 3.8) is 0 Å². The maximum absolute atomic E-state index is 13.7. The highest BCUT2D eigenvalue weighted by Crippen LogP contribution is 2.23. The third-order valence-electron chi connectivity index (χ3n) is 3.82. The van der Waals surface area contributed by atoms with Gasteiger partial charge in [-0.25, -0.2) is 9.18 Å². The van der Waals surface area contributed by atoms with Crippen molar-refractivity contribution in [1.29, 1.82) is 0 Å². The van der Waals surface area contributed by atoms with Gasteiger partial charge in [-0.05, 0) is 39.7 Å². The van der Waals surface area contributed by atoms with Gasteiger partial charge in [0, 0.05) is 5.56 Å². The van der Waals surface area contributed by atoms with Gasteiger partial charge in [-0.1, -0.05) is 31.0 Å². The van der Waals surface area contributed by atoms with E-state index in [0.717, 1.165) is 25.7 Å². The predicted octanol–water partition coefficient (Wildman–Crippen LogP) is 4.18. The highest BCUT2D eigenvalue weighted by atomic mass is 19.1. The number of nitrogens with one attached hydrogen (secondary N) is 1. The number of amides is 1. The summed E-state index contributed by atoms with van der Waals surface area (Å²) in [6.45, 7) is 5.71. The second-order valence-corrected chi connectivity index (χ2v) is 6.98. The molecule has 0 heterocycles. The highest BCUT2D eigenvalue weighted by molar-refractivity contribution is 5.68. The fraction of sp³-hybridized carbons (Fsp3) is 0.611. The number of benzene rings is 1. The van der Waals surface area contributed by atoms with E-state index in [1.165, 1.54) is 6.07 Å². The number of ether oxygens (including phenoxy) is 2. The largest absolute Gasteiger partial charge is 0.444 e. The summed E-state index contributed by atoms with van der Waals surface area (Å²) in [5, 5.41) is 2.90. The van der Waals surface area contributed by atoms with E-state index >= 15 is 0 Å². The summed E-state index contributed by atoms with van der Waals surface area (Å²) < 4.78 is 24.9. The normalized spacial score (nSPS) is 21.7. The van der Waals surface area contributed by atoms with Crippen LogP contribution in [0.1, 0.15) is 52.0 Å². The highest BCUT2D eigenvalue weighted by Gasteiger charge is 2.29. The van der Waals surface area contributed by atoms with Crippen LogP contribution < -0.4 is 5.32 Å². The zero-order valence-electron chi connectivity index (χ0n) is 14.1. The number of hydrogen-bond acceptors (Lipinski definition) is 3. The van der Waals surface area contributed by atoms with E-state index in [-0.39, 0.29) is 24.6 Å². The maximum Gasteiger partial charge on any atom is 0.407 e. The number of rotatable bonds is 4. The van der Waals surface area contributed by atoms with E-state index in [2.05, 4.69) is 5.32 Å². The second-order valence-electron chi connectivity index (χ2n) is 6.98. The van der Waals surface area contributed by atoms with Gasteiger partial charge in [-0.15, -0.1) is 0 Å². The summed E-state index contributed by atoms with van der Waals surface area (Å²) >= 11 is 0. The smallest absolute Gasteiger partial charge is 0.407 e. The lowest BCUT2D eigenvalue weighted by molar-refractivity contribution is -0.0122. The number of halogens is 1. The van der Waals surface area contributed by atoms with Crippen molar-refractivity contribution >= 4 is 6.09 Å². The molecule has 4 nitrogen and oxygen atoms in total. The average Bonchev–Trinajstić information content (AvgIpc) is 2.46. The van der Waals surface area contributed by atoms with Crippen LogP contribution in [0.15, 0.2) is 24.3 Å². The molecule has 1 amide bonds. The van der Waals surface area contributed by atoms with Gasteiger partial charge < -0.3 is 14.8 Å². The lowest BCUT2D eigenvalue weighted by Gasteiger charge is -2.32. The molecular weight excluding hydrogens is 297 g/mol. The molecule has 2 rings (SSSR count). The van der Waals surface area contributed by atoms with Crippen LogP contribution in [0.25, 0.3) is 0 Å². The van der Waals surface area contributed by atoms with Gasteiger partial charge in [0.1, 0.15) is 11.4 Å². The Bertz CT molecular complexity index is 527. The molecule has 0 aromatic heterocycles. The summed E-state index contributed by atoms with van der Waals surface area (Å²) in [5.74, 6) is -0.264. The molecule has 0 spiro atoms. The molecule has 0 unspecified atom stereocenters. The van der Waals surface area contributed by atoms with Gasteiger partial charge in [0.05, 0.1) is 18.8 Å². The Labute approximate surface area is 137 Å². The molecule has 0 saturated heterocycles. The van der Waals surface area contributed by atoms with Crippen LogP contribution >= 0.6 is 0 Å². The van der Waals surface area contributed by atoms with Crippen molar-refractivity contribution < 1.29 is 18.7 Å². The Balaban J connectivity index is 1.90. The van der Waals surface area contributed by atoms with Crippen LogP contribution in [0.4, 0.5) is 9.18 Å². The molecule has 1 aliphatic carbocycles. The van der Waals surface area contributed by atoms with Crippen molar-refractivity contribution in [2.24, 2.45) is 0 Å². The van der Waals surface area contributed by atoms with Crippen molar-refractivity contribution in [2.45, 2.75) is 70.8 Å². The number of carbonyl (C=O) groups is 1. The number of alkyl carbamates (subject to hydrolysis) is 1. The van der Waals surface area contributed by atoms with Gasteiger partial charge in [-0.2, -0.15) is 0 Å². The third kappa shape index (κ3) is 5.82. The molecule has 0 aliphatic heterocycles. The third-order valence-corrected chi connectivity index (χ3v) is 3.82. The van der Waals surface area contributed by atoms with E-state index in [0.29, 0.717) is 5.56 Å². The lowest BCUT2D eigenvalue weighted by atomic mass is 9.92. The molecule has 0 radical (unpaired) electrons. The van der Waals surface area contributed by atoms with Crippen LogP contribution in [0.2, 0.25) is 0 Å². The molecule has 1 aromatic carbocycles. The lowest BCUT2D eigenvalue weighted by Crippen LogP contribution is -2.47. The van der Waals surface area contributed by atoms with Gasteiger partial charge >= 0.3 is 6.09 Å². The quantitative estimate of drug-likeness (QED) is 0.904. The standard InChI is InChI=1S/C18H26FNO3/c1-18(2,3)23-17(21)20-15-10-6-7-11-16(15)22-12-13-8-4-5-9-14(13)19/h4-5,8-9,15-16H,6-7,10-12H2,1-3H3,(H,20,21)/t15-,16-/m1/s1. The maximum atomic E-state index is 13.7. The van der Waals surface area contributed by atoms with E-state index in [1.807, 2.05) is 20.8 Å². The minimum Gasteiger partial charge on any atom is -0.444 e. The zero-order chi connectivity index (χ0) is 16.9. The van der Waals surface area contributed by atoms with Crippen molar-refractivity contribution in [2.75, 3.05) is 0 Å². The zero-order valence-corrected chi connectivity index (χ0v) is 14.1. The van der Waals surface area contributed by atoms with Gasteiger partial charge in [0.15, 0.2) is 0 Å². The van der Waals surface area contributed by atoms with Crippen molar-refractivity contribution in [3.05, 3.63) is 35.6 Å². The summed E-state index contributed by atoms with van der Waals surface area (Å²) in [5.41, 5.74) is 0.0107. The molecule has 0 bridgehead atoms. The molecule has 23 heavy (non-hydrogen) atoms. The monoisotopic (exact) mass is 323 g/mol. The van der Waals surface area contributed by atoms with Gasteiger partial charge in [0.25, 0.3) is 0 Å². The summed E-state index contributed by atoms with van der Waals surface area (Å²) in [6.07, 6.45) is 3.25. The fourth-order valence-corrected chi connectivity index (χ4v) is 2.73. The van der Waals surface area contributed by atoms with E-state index in [4.69, 9.17) is 9.47 Å². The van der Waals surface area contributed by atoms with Crippen LogP contribution in [0.5, 0.6) is 0 Å². The summed E-state index contributed by atoms with van der Waals surface area (Å²) in [6, 6.07) is 6.50. The van der Waals surface area contributed by atoms with E-state index < -0.39 is 11.7 Å². The Morgan fingerprint density at radius 3 is 2.65 bits per heavy atom. The molecule has 1 fully saturated rings. The molecule has 5 heteroatoms. The van der Waals surface area contributed by atoms with Crippen molar-refractivity contribution in [3.8, 4) is 0 Å². The second kappa shape index (κ2) is 7.77. The minimum atomic E-state index is -0.526. The summed E-state index contributed by atoms with van der Waals surface area (Å²) in [7, 11) is 0. The minimum absolute atomic E-state index is 0.0922. The SMILES string of the molecule is CC(C)(C)OC(=O)N[C@@H]1CCCC[C@H]1OCc1ccccc1F.